The molecule has 1 heterocycles. The Bertz CT molecular complexity index is 431. The number of likely N-dealkylation sites (tertiary alicyclic amines) is 1. The van der Waals surface area contributed by atoms with Gasteiger partial charge in [0.2, 0.25) is 5.91 Å². The number of nitrogens with zero attached hydrogens (tertiary/aromatic N) is 1. The number of hydrogen-bond acceptors (Lipinski definition) is 3. The van der Waals surface area contributed by atoms with Gasteiger partial charge in [0.05, 0.1) is 6.54 Å². The molecule has 6 heteroatoms. The van der Waals surface area contributed by atoms with Gasteiger partial charge in [0, 0.05) is 5.69 Å². The molecular formula is C14H18F2N2O2. The van der Waals surface area contributed by atoms with Gasteiger partial charge < -0.3 is 10.1 Å². The molecule has 0 radical (unpaired) electrons. The summed E-state index contributed by atoms with van der Waals surface area (Å²) in [5.41, 5.74) is 0.577. The van der Waals surface area contributed by atoms with Crippen LogP contribution in [0.3, 0.4) is 0 Å². The van der Waals surface area contributed by atoms with E-state index in [0.29, 0.717) is 12.2 Å². The smallest absolute Gasteiger partial charge is 0.387 e. The average Bonchev–Trinajstić information content (AvgIpc) is 2.41. The van der Waals surface area contributed by atoms with E-state index in [1.165, 1.54) is 18.6 Å². The summed E-state index contributed by atoms with van der Waals surface area (Å²) in [4.78, 5) is 14.0. The third kappa shape index (κ3) is 4.77. The Balaban J connectivity index is 1.81. The normalized spacial score (nSPS) is 16.1. The van der Waals surface area contributed by atoms with Crippen molar-refractivity contribution in [3.8, 4) is 5.75 Å². The first-order valence-corrected chi connectivity index (χ1v) is 6.70. The Hall–Kier alpha value is -1.69. The largest absolute Gasteiger partial charge is 0.435 e. The van der Waals surface area contributed by atoms with Crippen molar-refractivity contribution in [1.82, 2.24) is 4.90 Å². The molecule has 0 unspecified atom stereocenters. The maximum absolute atomic E-state index is 12.0. The van der Waals surface area contributed by atoms with Crippen molar-refractivity contribution in [2.24, 2.45) is 0 Å². The second-order valence-electron chi connectivity index (χ2n) is 4.79. The van der Waals surface area contributed by atoms with Crippen LogP contribution in [0.5, 0.6) is 5.75 Å². The van der Waals surface area contributed by atoms with Gasteiger partial charge in [-0.15, -0.1) is 0 Å². The molecule has 1 saturated heterocycles. The molecule has 0 aliphatic carbocycles. The lowest BCUT2D eigenvalue weighted by Gasteiger charge is -2.25. The van der Waals surface area contributed by atoms with Gasteiger partial charge in [-0.1, -0.05) is 6.42 Å². The molecule has 1 aromatic carbocycles. The zero-order valence-electron chi connectivity index (χ0n) is 11.1. The minimum absolute atomic E-state index is 0.0778. The van der Waals surface area contributed by atoms with E-state index in [-0.39, 0.29) is 11.7 Å². The van der Waals surface area contributed by atoms with Crippen LogP contribution in [0.25, 0.3) is 0 Å². The summed E-state index contributed by atoms with van der Waals surface area (Å²) < 4.78 is 28.2. The summed E-state index contributed by atoms with van der Waals surface area (Å²) >= 11 is 0. The molecular weight excluding hydrogens is 266 g/mol. The molecule has 1 amide bonds. The molecule has 1 aromatic rings. The first kappa shape index (κ1) is 14.7. The van der Waals surface area contributed by atoms with Crippen LogP contribution >= 0.6 is 0 Å². The molecule has 1 aliphatic heterocycles. The lowest BCUT2D eigenvalue weighted by Crippen LogP contribution is -2.36. The van der Waals surface area contributed by atoms with Crippen LogP contribution in [0, 0.1) is 0 Å². The first-order chi connectivity index (χ1) is 9.63. The number of halogens is 2. The summed E-state index contributed by atoms with van der Waals surface area (Å²) in [6.45, 7) is -0.562. The molecule has 110 valence electrons. The number of nitrogens with one attached hydrogen (secondary N) is 1. The summed E-state index contributed by atoms with van der Waals surface area (Å²) in [6.07, 6.45) is 3.49. The van der Waals surface area contributed by atoms with E-state index in [9.17, 15) is 13.6 Å². The lowest BCUT2D eigenvalue weighted by molar-refractivity contribution is -0.117. The maximum atomic E-state index is 12.0. The van der Waals surface area contributed by atoms with Crippen molar-refractivity contribution in [3.63, 3.8) is 0 Å². The van der Waals surface area contributed by atoms with Gasteiger partial charge in [-0.2, -0.15) is 8.78 Å². The van der Waals surface area contributed by atoms with Crippen molar-refractivity contribution in [2.75, 3.05) is 25.0 Å². The first-order valence-electron chi connectivity index (χ1n) is 6.70. The summed E-state index contributed by atoms with van der Waals surface area (Å²) in [7, 11) is 0. The summed E-state index contributed by atoms with van der Waals surface area (Å²) in [5, 5.41) is 2.75. The van der Waals surface area contributed by atoms with E-state index in [4.69, 9.17) is 0 Å². The van der Waals surface area contributed by atoms with Gasteiger partial charge in [-0.25, -0.2) is 0 Å². The van der Waals surface area contributed by atoms with Crippen LogP contribution in [-0.4, -0.2) is 37.1 Å². The third-order valence-corrected chi connectivity index (χ3v) is 3.18. The number of alkyl halides is 2. The number of benzene rings is 1. The quantitative estimate of drug-likeness (QED) is 0.904. The van der Waals surface area contributed by atoms with E-state index >= 15 is 0 Å². The predicted molar refractivity (Wildman–Crippen MR) is 72.0 cm³/mol. The molecule has 20 heavy (non-hydrogen) atoms. The second kappa shape index (κ2) is 7.19. The van der Waals surface area contributed by atoms with Gasteiger partial charge in [0.15, 0.2) is 0 Å². The molecule has 0 aromatic heterocycles. The number of piperidine rings is 1. The minimum Gasteiger partial charge on any atom is -0.435 e. The fourth-order valence-corrected chi connectivity index (χ4v) is 2.24. The van der Waals surface area contributed by atoms with E-state index in [1.807, 2.05) is 0 Å². The van der Waals surface area contributed by atoms with Crippen molar-refractivity contribution < 1.29 is 18.3 Å². The number of hydrogen-bond donors (Lipinski definition) is 1. The minimum atomic E-state index is -2.84. The fourth-order valence-electron chi connectivity index (χ4n) is 2.24. The van der Waals surface area contributed by atoms with Crippen molar-refractivity contribution in [2.45, 2.75) is 25.9 Å². The zero-order chi connectivity index (χ0) is 14.4. The number of anilines is 1. The Morgan fingerprint density at radius 1 is 1.20 bits per heavy atom. The van der Waals surface area contributed by atoms with E-state index in [2.05, 4.69) is 15.0 Å². The van der Waals surface area contributed by atoms with Crippen molar-refractivity contribution in [1.29, 1.82) is 0 Å². The molecule has 0 spiro atoms. The molecule has 2 rings (SSSR count). The molecule has 1 aliphatic rings. The second-order valence-corrected chi connectivity index (χ2v) is 4.79. The van der Waals surface area contributed by atoms with Crippen LogP contribution in [-0.2, 0) is 4.79 Å². The van der Waals surface area contributed by atoms with Gasteiger partial charge in [0.25, 0.3) is 0 Å². The number of carbonyl (C=O) groups excluding carboxylic acids is 1. The fraction of sp³-hybridized carbons (Fsp3) is 0.500. The molecule has 1 fully saturated rings. The van der Waals surface area contributed by atoms with Gasteiger partial charge in [-0.05, 0) is 50.2 Å². The van der Waals surface area contributed by atoms with Crippen molar-refractivity contribution >= 4 is 11.6 Å². The molecule has 0 saturated carbocycles. The van der Waals surface area contributed by atoms with Crippen LogP contribution in [0.4, 0.5) is 14.5 Å². The van der Waals surface area contributed by atoms with Crippen LogP contribution in [0.1, 0.15) is 19.3 Å². The van der Waals surface area contributed by atoms with E-state index in [0.717, 1.165) is 25.9 Å². The highest BCUT2D eigenvalue weighted by Gasteiger charge is 2.13. The van der Waals surface area contributed by atoms with Gasteiger partial charge in [-0.3, -0.25) is 9.69 Å². The highest BCUT2D eigenvalue weighted by atomic mass is 19.3. The highest BCUT2D eigenvalue weighted by Crippen LogP contribution is 2.17. The number of rotatable bonds is 5. The van der Waals surface area contributed by atoms with E-state index < -0.39 is 6.61 Å². The van der Waals surface area contributed by atoms with Gasteiger partial charge in [0.1, 0.15) is 5.75 Å². The number of carbonyl (C=O) groups is 1. The standard InChI is InChI=1S/C14H18F2N2O2/c15-14(16)20-12-6-4-11(5-7-12)17-13(19)10-18-8-2-1-3-9-18/h4-7,14H,1-3,8-10H2,(H,17,19). The number of ether oxygens (including phenoxy) is 1. The Morgan fingerprint density at radius 2 is 1.85 bits per heavy atom. The predicted octanol–water partition coefficient (Wildman–Crippen LogP) is 2.71. The SMILES string of the molecule is O=C(CN1CCCCC1)Nc1ccc(OC(F)F)cc1. The third-order valence-electron chi connectivity index (χ3n) is 3.18. The molecule has 0 bridgehead atoms. The maximum Gasteiger partial charge on any atom is 0.387 e. The topological polar surface area (TPSA) is 41.6 Å². The summed E-state index contributed by atoms with van der Waals surface area (Å²) in [6, 6.07) is 5.91. The molecule has 1 N–H and O–H groups in total. The van der Waals surface area contributed by atoms with Crippen LogP contribution in [0.2, 0.25) is 0 Å². The van der Waals surface area contributed by atoms with Crippen LogP contribution in [0.15, 0.2) is 24.3 Å². The molecule has 0 atom stereocenters. The van der Waals surface area contributed by atoms with E-state index in [1.54, 1.807) is 12.1 Å². The Labute approximate surface area is 116 Å². The zero-order valence-corrected chi connectivity index (χ0v) is 11.1. The average molecular weight is 284 g/mol. The monoisotopic (exact) mass is 284 g/mol. The summed E-state index contributed by atoms with van der Waals surface area (Å²) in [5.74, 6) is -0.0107. The van der Waals surface area contributed by atoms with Gasteiger partial charge >= 0.3 is 6.61 Å². The van der Waals surface area contributed by atoms with Crippen molar-refractivity contribution in [3.05, 3.63) is 24.3 Å². The Kier molecular flexibility index (Phi) is 5.29. The number of amides is 1. The van der Waals surface area contributed by atoms with Crippen LogP contribution < -0.4 is 10.1 Å². The molecule has 4 nitrogen and oxygen atoms in total. The highest BCUT2D eigenvalue weighted by molar-refractivity contribution is 5.92. The Morgan fingerprint density at radius 3 is 2.45 bits per heavy atom. The lowest BCUT2D eigenvalue weighted by atomic mass is 10.1.